The van der Waals surface area contributed by atoms with Crippen molar-refractivity contribution in [2.75, 3.05) is 7.11 Å². The lowest BCUT2D eigenvalue weighted by molar-refractivity contribution is 0.415. The van der Waals surface area contributed by atoms with Gasteiger partial charge in [0.05, 0.1) is 34.6 Å². The van der Waals surface area contributed by atoms with Gasteiger partial charge in [0.1, 0.15) is 5.75 Å². The highest BCUT2D eigenvalue weighted by atomic mass is 35.5. The van der Waals surface area contributed by atoms with E-state index in [0.29, 0.717) is 33.2 Å². The highest BCUT2D eigenvalue weighted by Gasteiger charge is 2.21. The van der Waals surface area contributed by atoms with Gasteiger partial charge in [0.15, 0.2) is 5.65 Å². The number of rotatable bonds is 4. The summed E-state index contributed by atoms with van der Waals surface area (Å²) in [7, 11) is 1.56. The van der Waals surface area contributed by atoms with Crippen molar-refractivity contribution in [1.82, 2.24) is 14.6 Å². The maximum absolute atomic E-state index is 13.7. The molecule has 6 heteroatoms. The Morgan fingerprint density at radius 3 is 2.16 bits per heavy atom. The number of aromatic amines is 1. The number of hydrogen-bond acceptors (Lipinski definition) is 3. The lowest BCUT2D eigenvalue weighted by atomic mass is 10.0. The number of aromatic nitrogens is 3. The second-order valence-electron chi connectivity index (χ2n) is 7.48. The van der Waals surface area contributed by atoms with Gasteiger partial charge in [-0.3, -0.25) is 9.89 Å². The summed E-state index contributed by atoms with van der Waals surface area (Å²) in [6.07, 6.45) is 0. The zero-order valence-electron chi connectivity index (χ0n) is 17.6. The van der Waals surface area contributed by atoms with Gasteiger partial charge in [0, 0.05) is 5.56 Å². The molecule has 0 bridgehead atoms. The minimum atomic E-state index is -0.187. The van der Waals surface area contributed by atoms with Gasteiger partial charge in [-0.25, -0.2) is 4.98 Å². The fourth-order valence-corrected chi connectivity index (χ4v) is 4.28. The van der Waals surface area contributed by atoms with Crippen LogP contribution in [-0.4, -0.2) is 21.7 Å². The van der Waals surface area contributed by atoms with Crippen LogP contribution in [0.3, 0.4) is 0 Å². The minimum absolute atomic E-state index is 0.187. The van der Waals surface area contributed by atoms with Gasteiger partial charge in [-0.1, -0.05) is 78.3 Å². The van der Waals surface area contributed by atoms with E-state index in [1.54, 1.807) is 19.2 Å². The van der Waals surface area contributed by atoms with Crippen LogP contribution in [0.1, 0.15) is 5.69 Å². The molecule has 32 heavy (non-hydrogen) atoms. The van der Waals surface area contributed by atoms with E-state index in [4.69, 9.17) is 21.3 Å². The first-order valence-electron chi connectivity index (χ1n) is 10.2. The molecule has 0 spiro atoms. The molecule has 2 heterocycles. The Morgan fingerprint density at radius 1 is 0.875 bits per heavy atom. The van der Waals surface area contributed by atoms with Gasteiger partial charge >= 0.3 is 0 Å². The molecular weight excluding hydrogens is 422 g/mol. The van der Waals surface area contributed by atoms with Crippen molar-refractivity contribution in [2.24, 2.45) is 0 Å². The van der Waals surface area contributed by atoms with Crippen LogP contribution in [0.2, 0.25) is 5.02 Å². The van der Waals surface area contributed by atoms with Crippen molar-refractivity contribution in [2.45, 2.75) is 6.92 Å². The van der Waals surface area contributed by atoms with Gasteiger partial charge in [-0.15, -0.1) is 0 Å². The van der Waals surface area contributed by atoms with Crippen LogP contribution < -0.4 is 10.3 Å². The standard InChI is InChI=1S/C26H20ClN3O2/c1-16-22(19-13-14-21(32-2)20(27)15-19)26(31)30-25(28-16)23(17-9-5-3-6-10-17)24(29-30)18-11-7-4-8-12-18/h3-15,29H,1-2H3. The Morgan fingerprint density at radius 2 is 1.53 bits per heavy atom. The maximum atomic E-state index is 13.7. The molecule has 0 radical (unpaired) electrons. The molecule has 5 nitrogen and oxygen atoms in total. The quantitative estimate of drug-likeness (QED) is 0.372. The van der Waals surface area contributed by atoms with Crippen molar-refractivity contribution < 1.29 is 4.74 Å². The third-order valence-electron chi connectivity index (χ3n) is 5.53. The van der Waals surface area contributed by atoms with Gasteiger partial charge < -0.3 is 4.74 Å². The van der Waals surface area contributed by atoms with E-state index in [-0.39, 0.29) is 5.56 Å². The van der Waals surface area contributed by atoms with Crippen LogP contribution in [0.4, 0.5) is 0 Å². The summed E-state index contributed by atoms with van der Waals surface area (Å²) in [5.74, 6) is 0.555. The van der Waals surface area contributed by atoms with Crippen LogP contribution in [0.5, 0.6) is 5.75 Å². The van der Waals surface area contributed by atoms with E-state index < -0.39 is 0 Å². The number of nitrogens with one attached hydrogen (secondary N) is 1. The van der Waals surface area contributed by atoms with E-state index in [1.807, 2.05) is 73.7 Å². The predicted molar refractivity (Wildman–Crippen MR) is 128 cm³/mol. The van der Waals surface area contributed by atoms with E-state index in [9.17, 15) is 4.79 Å². The van der Waals surface area contributed by atoms with Crippen molar-refractivity contribution in [1.29, 1.82) is 0 Å². The molecule has 0 atom stereocenters. The third-order valence-corrected chi connectivity index (χ3v) is 5.82. The van der Waals surface area contributed by atoms with Crippen LogP contribution in [0.25, 0.3) is 39.2 Å². The Bertz CT molecular complexity index is 1490. The molecule has 0 aliphatic heterocycles. The van der Waals surface area contributed by atoms with E-state index in [0.717, 1.165) is 22.4 Å². The monoisotopic (exact) mass is 441 g/mol. The summed E-state index contributed by atoms with van der Waals surface area (Å²) < 4.78 is 6.77. The maximum Gasteiger partial charge on any atom is 0.280 e. The molecule has 1 N–H and O–H groups in total. The Kier molecular flexibility index (Phi) is 5.04. The Hall–Kier alpha value is -3.83. The molecule has 3 aromatic carbocycles. The molecule has 0 unspecified atom stereocenters. The lowest BCUT2D eigenvalue weighted by Crippen LogP contribution is -2.19. The van der Waals surface area contributed by atoms with Crippen LogP contribution in [-0.2, 0) is 0 Å². The van der Waals surface area contributed by atoms with Crippen molar-refractivity contribution in [3.63, 3.8) is 0 Å². The van der Waals surface area contributed by atoms with Crippen molar-refractivity contribution >= 4 is 17.2 Å². The molecule has 2 aromatic heterocycles. The van der Waals surface area contributed by atoms with Crippen LogP contribution in [0, 0.1) is 6.92 Å². The molecule has 0 amide bonds. The number of ether oxygens (including phenoxy) is 1. The predicted octanol–water partition coefficient (Wildman–Crippen LogP) is 5.99. The molecule has 0 aliphatic rings. The average molecular weight is 442 g/mol. The zero-order chi connectivity index (χ0) is 22.2. The second kappa shape index (κ2) is 8.02. The number of methoxy groups -OCH3 is 1. The van der Waals surface area contributed by atoms with Gasteiger partial charge in [-0.05, 0) is 30.2 Å². The van der Waals surface area contributed by atoms with E-state index in [1.165, 1.54) is 4.52 Å². The topological polar surface area (TPSA) is 59.4 Å². The van der Waals surface area contributed by atoms with Gasteiger partial charge in [0.25, 0.3) is 5.56 Å². The SMILES string of the molecule is COc1ccc(-c2c(C)nc3c(-c4ccccc4)c(-c4ccccc4)[nH]n3c2=O)cc1Cl. The highest BCUT2D eigenvalue weighted by Crippen LogP contribution is 2.35. The fraction of sp³-hybridized carbons (Fsp3) is 0.0769. The molecule has 5 rings (SSSR count). The van der Waals surface area contributed by atoms with Gasteiger partial charge in [-0.2, -0.15) is 4.52 Å². The normalized spacial score (nSPS) is 11.1. The number of aryl methyl sites for hydroxylation is 1. The molecule has 158 valence electrons. The van der Waals surface area contributed by atoms with Crippen molar-refractivity contribution in [3.8, 4) is 39.3 Å². The third kappa shape index (κ3) is 3.27. The fourth-order valence-electron chi connectivity index (χ4n) is 4.02. The molecule has 0 saturated heterocycles. The molecule has 0 saturated carbocycles. The summed E-state index contributed by atoms with van der Waals surface area (Å²) in [6.45, 7) is 1.85. The highest BCUT2D eigenvalue weighted by molar-refractivity contribution is 6.32. The smallest absolute Gasteiger partial charge is 0.280 e. The molecule has 0 aliphatic carbocycles. The second-order valence-corrected chi connectivity index (χ2v) is 7.89. The number of hydrogen-bond donors (Lipinski definition) is 1. The lowest BCUT2D eigenvalue weighted by Gasteiger charge is -2.09. The van der Waals surface area contributed by atoms with Crippen molar-refractivity contribution in [3.05, 3.63) is 99.9 Å². The minimum Gasteiger partial charge on any atom is -0.495 e. The largest absolute Gasteiger partial charge is 0.495 e. The Balaban J connectivity index is 1.83. The van der Waals surface area contributed by atoms with Crippen LogP contribution >= 0.6 is 11.6 Å². The molecule has 5 aromatic rings. The number of nitrogens with zero attached hydrogens (tertiary/aromatic N) is 2. The van der Waals surface area contributed by atoms with E-state index in [2.05, 4.69) is 5.10 Å². The average Bonchev–Trinajstić information content (AvgIpc) is 3.20. The Labute approximate surface area is 189 Å². The summed E-state index contributed by atoms with van der Waals surface area (Å²) in [4.78, 5) is 18.5. The number of H-pyrrole nitrogens is 1. The summed E-state index contributed by atoms with van der Waals surface area (Å²) in [5.41, 5.74) is 5.90. The number of halogens is 1. The first-order chi connectivity index (χ1) is 15.6. The van der Waals surface area contributed by atoms with Gasteiger partial charge in [0.2, 0.25) is 0 Å². The number of fused-ring (bicyclic) bond motifs is 1. The summed E-state index contributed by atoms with van der Waals surface area (Å²) in [5, 5.41) is 3.75. The number of benzene rings is 3. The first-order valence-corrected chi connectivity index (χ1v) is 10.6. The van der Waals surface area contributed by atoms with Crippen LogP contribution in [0.15, 0.2) is 83.7 Å². The molecular formula is C26H20ClN3O2. The molecule has 0 fully saturated rings. The summed E-state index contributed by atoms with van der Waals surface area (Å²) in [6, 6.07) is 25.2. The van der Waals surface area contributed by atoms with E-state index >= 15 is 0 Å². The first kappa shape index (κ1) is 20.1. The summed E-state index contributed by atoms with van der Waals surface area (Å²) >= 11 is 6.33. The zero-order valence-corrected chi connectivity index (χ0v) is 18.4.